The molecule has 0 spiro atoms. The molecule has 0 aliphatic heterocycles. The van der Waals surface area contributed by atoms with E-state index >= 15 is 0 Å². The van der Waals surface area contributed by atoms with Gasteiger partial charge in [0.2, 0.25) is 5.82 Å². The van der Waals surface area contributed by atoms with Gasteiger partial charge in [-0.15, -0.1) is 6.42 Å². The number of aromatic nitrogens is 1. The van der Waals surface area contributed by atoms with Gasteiger partial charge in [0, 0.05) is 6.07 Å². The Morgan fingerprint density at radius 2 is 2.33 bits per heavy atom. The van der Waals surface area contributed by atoms with Crippen molar-refractivity contribution in [1.82, 2.24) is 4.98 Å². The van der Waals surface area contributed by atoms with E-state index in [2.05, 4.69) is 10.9 Å². The van der Waals surface area contributed by atoms with Gasteiger partial charge in [-0.2, -0.15) is 0 Å². The Kier molecular flexibility index (Phi) is 4.04. The number of anilines is 2. The molecule has 1 aromatic heterocycles. The fraction of sp³-hybridized carbons (Fsp3) is 0.200. The maximum atomic E-state index is 10.6. The number of hydrogen-bond acceptors (Lipinski definition) is 6. The highest BCUT2D eigenvalue weighted by atomic mass is 16.6. The summed E-state index contributed by atoms with van der Waals surface area (Å²) in [4.78, 5) is 25.6. The molecule has 18 heavy (non-hydrogen) atoms. The zero-order chi connectivity index (χ0) is 13.7. The minimum Gasteiger partial charge on any atom is -0.480 e. The number of carbonyl (C=O) groups is 1. The lowest BCUT2D eigenvalue weighted by Crippen LogP contribution is -2.30. The van der Waals surface area contributed by atoms with Crippen molar-refractivity contribution in [3.8, 4) is 12.3 Å². The van der Waals surface area contributed by atoms with Gasteiger partial charge < -0.3 is 15.7 Å². The van der Waals surface area contributed by atoms with Crippen LogP contribution >= 0.6 is 0 Å². The summed E-state index contributed by atoms with van der Waals surface area (Å²) in [5, 5.41) is 19.3. The van der Waals surface area contributed by atoms with Crippen molar-refractivity contribution in [1.29, 1.82) is 0 Å². The standard InChI is InChI=1S/C10H10N4O4/c1-2-5-13(6-9(15)16)8-4-3-7(14(17)18)10(11)12-8/h1,3-4H,5-6H2,(H2,11,12)(H,15,16). The number of carboxylic acids is 1. The van der Waals surface area contributed by atoms with Gasteiger partial charge in [-0.05, 0) is 6.07 Å². The average Bonchev–Trinajstić information content (AvgIpc) is 2.27. The maximum Gasteiger partial charge on any atom is 0.323 e. The smallest absolute Gasteiger partial charge is 0.323 e. The van der Waals surface area contributed by atoms with Crippen molar-refractivity contribution in [2.24, 2.45) is 0 Å². The van der Waals surface area contributed by atoms with Crippen LogP contribution < -0.4 is 10.6 Å². The lowest BCUT2D eigenvalue weighted by Gasteiger charge is -2.18. The predicted octanol–water partition coefficient (Wildman–Crippen LogP) is 0.0962. The average molecular weight is 250 g/mol. The molecule has 0 fully saturated rings. The van der Waals surface area contributed by atoms with E-state index in [1.807, 2.05) is 0 Å². The topological polar surface area (TPSA) is 123 Å². The lowest BCUT2D eigenvalue weighted by molar-refractivity contribution is -0.384. The second-order valence-corrected chi connectivity index (χ2v) is 3.28. The van der Waals surface area contributed by atoms with Crippen LogP contribution in [0.5, 0.6) is 0 Å². The first kappa shape index (κ1) is 13.2. The second kappa shape index (κ2) is 5.49. The van der Waals surface area contributed by atoms with Gasteiger partial charge in [0.15, 0.2) is 0 Å². The number of nitrogens with two attached hydrogens (primary N) is 1. The molecular weight excluding hydrogens is 240 g/mol. The Bertz CT molecular complexity index is 523. The molecular formula is C10H10N4O4. The van der Waals surface area contributed by atoms with Crippen LogP contribution in [0.1, 0.15) is 0 Å². The van der Waals surface area contributed by atoms with Crippen molar-refractivity contribution in [2.75, 3.05) is 23.7 Å². The summed E-state index contributed by atoms with van der Waals surface area (Å²) >= 11 is 0. The third-order valence-electron chi connectivity index (χ3n) is 2.02. The SMILES string of the molecule is C#CCN(CC(=O)O)c1ccc([N+](=O)[O-])c(N)n1. The summed E-state index contributed by atoms with van der Waals surface area (Å²) in [5.41, 5.74) is 5.07. The van der Waals surface area contributed by atoms with Crippen molar-refractivity contribution < 1.29 is 14.8 Å². The van der Waals surface area contributed by atoms with Gasteiger partial charge in [0.25, 0.3) is 0 Å². The van der Waals surface area contributed by atoms with E-state index in [1.54, 1.807) is 0 Å². The van der Waals surface area contributed by atoms with Crippen LogP contribution in [0.3, 0.4) is 0 Å². The molecule has 0 saturated carbocycles. The van der Waals surface area contributed by atoms with Crippen LogP contribution in [0.2, 0.25) is 0 Å². The van der Waals surface area contributed by atoms with E-state index < -0.39 is 10.9 Å². The number of nitrogens with zero attached hydrogens (tertiary/aromatic N) is 3. The van der Waals surface area contributed by atoms with Crippen molar-refractivity contribution in [3.05, 3.63) is 22.2 Å². The molecule has 1 heterocycles. The molecule has 0 atom stereocenters. The van der Waals surface area contributed by atoms with Crippen LogP contribution in [-0.2, 0) is 4.79 Å². The third kappa shape index (κ3) is 3.08. The van der Waals surface area contributed by atoms with Crippen LogP contribution in [-0.4, -0.2) is 34.1 Å². The van der Waals surface area contributed by atoms with Crippen LogP contribution in [0.4, 0.5) is 17.3 Å². The molecule has 0 amide bonds. The molecule has 3 N–H and O–H groups in total. The van der Waals surface area contributed by atoms with Crippen molar-refractivity contribution in [3.63, 3.8) is 0 Å². The Morgan fingerprint density at radius 3 is 2.78 bits per heavy atom. The van der Waals surface area contributed by atoms with Crippen molar-refractivity contribution in [2.45, 2.75) is 0 Å². The number of rotatable bonds is 5. The molecule has 0 radical (unpaired) electrons. The van der Waals surface area contributed by atoms with E-state index in [4.69, 9.17) is 17.3 Å². The summed E-state index contributed by atoms with van der Waals surface area (Å²) in [7, 11) is 0. The van der Waals surface area contributed by atoms with E-state index in [9.17, 15) is 14.9 Å². The van der Waals surface area contributed by atoms with E-state index in [0.29, 0.717) is 0 Å². The van der Waals surface area contributed by atoms with Crippen molar-refractivity contribution >= 4 is 23.3 Å². The first-order chi connectivity index (χ1) is 8.45. The van der Waals surface area contributed by atoms with Crippen LogP contribution in [0, 0.1) is 22.5 Å². The summed E-state index contributed by atoms with van der Waals surface area (Å²) in [6.07, 6.45) is 5.11. The lowest BCUT2D eigenvalue weighted by atomic mass is 10.3. The first-order valence-electron chi connectivity index (χ1n) is 4.76. The minimum atomic E-state index is -1.09. The molecule has 0 saturated heterocycles. The highest BCUT2D eigenvalue weighted by Crippen LogP contribution is 2.22. The van der Waals surface area contributed by atoms with Gasteiger partial charge in [0.1, 0.15) is 12.4 Å². The fourth-order valence-corrected chi connectivity index (χ4v) is 1.28. The summed E-state index contributed by atoms with van der Waals surface area (Å²) < 4.78 is 0. The van der Waals surface area contributed by atoms with E-state index in [0.717, 1.165) is 6.07 Å². The molecule has 0 bridgehead atoms. The largest absolute Gasteiger partial charge is 0.480 e. The highest BCUT2D eigenvalue weighted by molar-refractivity contribution is 5.73. The number of nitrogen functional groups attached to an aromatic ring is 1. The highest BCUT2D eigenvalue weighted by Gasteiger charge is 2.17. The number of nitro groups is 1. The number of aliphatic carboxylic acids is 1. The summed E-state index contributed by atoms with van der Waals surface area (Å²) in [6.45, 7) is -0.356. The Morgan fingerprint density at radius 1 is 1.67 bits per heavy atom. The minimum absolute atomic E-state index is 0.0105. The van der Waals surface area contributed by atoms with Gasteiger partial charge in [-0.3, -0.25) is 14.9 Å². The van der Waals surface area contributed by atoms with Gasteiger partial charge in [0.05, 0.1) is 11.5 Å². The van der Waals surface area contributed by atoms with Gasteiger partial charge >= 0.3 is 11.7 Å². The van der Waals surface area contributed by atoms with E-state index in [1.165, 1.54) is 11.0 Å². The number of carboxylic acid groups (broad SMARTS) is 1. The molecule has 0 aliphatic rings. The monoisotopic (exact) mass is 250 g/mol. The fourth-order valence-electron chi connectivity index (χ4n) is 1.28. The number of pyridine rings is 1. The molecule has 1 rings (SSSR count). The van der Waals surface area contributed by atoms with Crippen LogP contribution in [0.15, 0.2) is 12.1 Å². The molecule has 94 valence electrons. The Labute approximate surface area is 102 Å². The number of hydrogen-bond donors (Lipinski definition) is 2. The zero-order valence-electron chi connectivity index (χ0n) is 9.24. The zero-order valence-corrected chi connectivity index (χ0v) is 9.24. The van der Waals surface area contributed by atoms with Crippen LogP contribution in [0.25, 0.3) is 0 Å². The first-order valence-corrected chi connectivity index (χ1v) is 4.76. The predicted molar refractivity (Wildman–Crippen MR) is 64.0 cm³/mol. The Balaban J connectivity index is 3.07. The normalized spacial score (nSPS) is 9.50. The summed E-state index contributed by atoms with van der Waals surface area (Å²) in [6, 6.07) is 2.46. The number of terminal acetylenes is 1. The molecule has 1 aromatic rings. The quantitative estimate of drug-likeness (QED) is 0.431. The molecule has 0 aromatic carbocycles. The maximum absolute atomic E-state index is 10.6. The molecule has 0 aliphatic carbocycles. The Hall–Kier alpha value is -2.82. The van der Waals surface area contributed by atoms with Gasteiger partial charge in [-0.25, -0.2) is 4.98 Å². The second-order valence-electron chi connectivity index (χ2n) is 3.28. The molecule has 8 heteroatoms. The third-order valence-corrected chi connectivity index (χ3v) is 2.02. The molecule has 0 unspecified atom stereocenters. The van der Waals surface area contributed by atoms with Gasteiger partial charge in [-0.1, -0.05) is 5.92 Å². The molecule has 8 nitrogen and oxygen atoms in total. The van der Waals surface area contributed by atoms with E-state index in [-0.39, 0.29) is 30.4 Å². The summed E-state index contributed by atoms with van der Waals surface area (Å²) in [5.74, 6) is 1.07.